The normalized spacial score (nSPS) is 23.4. The predicted octanol–water partition coefficient (Wildman–Crippen LogP) is 2.93. The smallest absolute Gasteiger partial charge is 0.225 e. The number of nitrogens with one attached hydrogen (secondary N) is 1. The molecule has 36 heavy (non-hydrogen) atoms. The van der Waals surface area contributed by atoms with Gasteiger partial charge in [0.15, 0.2) is 16.6 Å². The first-order chi connectivity index (χ1) is 17.6. The van der Waals surface area contributed by atoms with Gasteiger partial charge in [0.05, 0.1) is 17.7 Å². The van der Waals surface area contributed by atoms with Gasteiger partial charge in [-0.1, -0.05) is 6.07 Å². The van der Waals surface area contributed by atoms with Gasteiger partial charge in [0.2, 0.25) is 5.91 Å². The lowest BCUT2D eigenvalue weighted by Gasteiger charge is -2.30. The summed E-state index contributed by atoms with van der Waals surface area (Å²) in [4.78, 5) is 24.4. The highest BCUT2D eigenvalue weighted by Crippen LogP contribution is 2.35. The van der Waals surface area contributed by atoms with E-state index in [9.17, 15) is 9.90 Å². The highest BCUT2D eigenvalue weighted by atomic mass is 32.1. The lowest BCUT2D eigenvalue weighted by Crippen LogP contribution is -2.48. The van der Waals surface area contributed by atoms with Crippen LogP contribution in [0, 0.1) is 5.92 Å². The Kier molecular flexibility index (Phi) is 7.04. The first-order valence-electron chi connectivity index (χ1n) is 13.5. The molecule has 0 radical (unpaired) electrons. The number of carbonyl (C=O) groups is 1. The van der Waals surface area contributed by atoms with Crippen molar-refractivity contribution in [3.63, 3.8) is 0 Å². The zero-order valence-electron chi connectivity index (χ0n) is 20.8. The fourth-order valence-electron chi connectivity index (χ4n) is 5.87. The first kappa shape index (κ1) is 24.0. The average molecular weight is 513 g/mol. The van der Waals surface area contributed by atoms with Gasteiger partial charge in [0.1, 0.15) is 19.3 Å². The molecule has 6 rings (SSSR count). The van der Waals surface area contributed by atoms with E-state index in [-0.39, 0.29) is 17.9 Å². The Morgan fingerprint density at radius 2 is 1.92 bits per heavy atom. The van der Waals surface area contributed by atoms with E-state index in [1.165, 1.54) is 23.4 Å². The molecule has 9 heteroatoms. The molecular weight excluding hydrogens is 476 g/mol. The predicted molar refractivity (Wildman–Crippen MR) is 139 cm³/mol. The van der Waals surface area contributed by atoms with Gasteiger partial charge in [-0.05, 0) is 75.7 Å². The number of aliphatic hydroxyl groups excluding tert-OH is 1. The number of aliphatic hydroxyl groups is 1. The quantitative estimate of drug-likeness (QED) is 0.590. The summed E-state index contributed by atoms with van der Waals surface area (Å²) in [5, 5.41) is 15.7. The maximum Gasteiger partial charge on any atom is 0.225 e. The minimum absolute atomic E-state index is 0.0274. The van der Waals surface area contributed by atoms with Gasteiger partial charge in [0.25, 0.3) is 0 Å². The molecule has 0 saturated carbocycles. The molecule has 1 amide bonds. The second-order valence-corrected chi connectivity index (χ2v) is 11.5. The van der Waals surface area contributed by atoms with Crippen LogP contribution >= 0.6 is 11.3 Å². The summed E-state index contributed by atoms with van der Waals surface area (Å²) in [5.41, 5.74) is 2.01. The SMILES string of the molecule is O=C(N[C@H](CN1CCCC1)[C@H](O)c1ccc2c(c1)OCCO2)[C@@H]1CCN(c2nc3c(s2)CCCC3)C1. The van der Waals surface area contributed by atoms with Crippen molar-refractivity contribution in [3.05, 3.63) is 34.3 Å². The fraction of sp³-hybridized carbons (Fsp3) is 0.630. The van der Waals surface area contributed by atoms with Crippen molar-refractivity contribution in [2.75, 3.05) is 50.8 Å². The van der Waals surface area contributed by atoms with Crippen LogP contribution in [0.2, 0.25) is 0 Å². The molecule has 1 aliphatic carbocycles. The zero-order valence-corrected chi connectivity index (χ0v) is 21.6. The van der Waals surface area contributed by atoms with Gasteiger partial charge in [-0.15, -0.1) is 11.3 Å². The van der Waals surface area contributed by atoms with Crippen LogP contribution in [0.3, 0.4) is 0 Å². The third-order valence-electron chi connectivity index (χ3n) is 7.93. The van der Waals surface area contributed by atoms with E-state index in [4.69, 9.17) is 14.5 Å². The molecule has 3 atom stereocenters. The number of nitrogens with zero attached hydrogens (tertiary/aromatic N) is 3. The van der Waals surface area contributed by atoms with E-state index < -0.39 is 6.10 Å². The lowest BCUT2D eigenvalue weighted by atomic mass is 9.99. The Morgan fingerprint density at radius 3 is 2.75 bits per heavy atom. The second kappa shape index (κ2) is 10.6. The first-order valence-corrected chi connectivity index (χ1v) is 14.3. The van der Waals surface area contributed by atoms with Crippen molar-refractivity contribution in [2.45, 2.75) is 57.1 Å². The van der Waals surface area contributed by atoms with E-state index in [1.807, 2.05) is 29.5 Å². The van der Waals surface area contributed by atoms with Crippen LogP contribution in [-0.4, -0.2) is 72.9 Å². The Balaban J connectivity index is 1.14. The van der Waals surface area contributed by atoms with Crippen LogP contribution < -0.4 is 19.7 Å². The van der Waals surface area contributed by atoms with Crippen molar-refractivity contribution in [3.8, 4) is 11.5 Å². The molecule has 0 spiro atoms. The van der Waals surface area contributed by atoms with E-state index in [1.54, 1.807) is 0 Å². The van der Waals surface area contributed by atoms with Crippen LogP contribution in [0.15, 0.2) is 18.2 Å². The molecule has 3 aliphatic heterocycles. The Bertz CT molecular complexity index is 1060. The molecular formula is C27H36N4O4S. The third kappa shape index (κ3) is 5.06. The fourth-order valence-corrected chi connectivity index (χ4v) is 7.05. The van der Waals surface area contributed by atoms with Crippen molar-refractivity contribution < 1.29 is 19.4 Å². The molecule has 2 N–H and O–H groups in total. The number of likely N-dealkylation sites (tertiary alicyclic amines) is 1. The van der Waals surface area contributed by atoms with Gasteiger partial charge in [-0.25, -0.2) is 4.98 Å². The van der Waals surface area contributed by atoms with Gasteiger partial charge in [-0.2, -0.15) is 0 Å². The minimum atomic E-state index is -0.825. The summed E-state index contributed by atoms with van der Waals surface area (Å²) in [6.07, 6.45) is 7.02. The van der Waals surface area contributed by atoms with Crippen molar-refractivity contribution in [1.82, 2.24) is 15.2 Å². The van der Waals surface area contributed by atoms with Gasteiger partial charge < -0.3 is 29.7 Å². The largest absolute Gasteiger partial charge is 0.486 e. The molecule has 1 aromatic heterocycles. The molecule has 0 bridgehead atoms. The van der Waals surface area contributed by atoms with E-state index in [0.717, 1.165) is 62.4 Å². The number of thiazole rings is 1. The number of aryl methyl sites for hydroxylation is 2. The van der Waals surface area contributed by atoms with Crippen LogP contribution in [0.1, 0.15) is 54.3 Å². The highest BCUT2D eigenvalue weighted by Gasteiger charge is 2.34. The summed E-state index contributed by atoms with van der Waals surface area (Å²) in [6.45, 7) is 5.22. The Morgan fingerprint density at radius 1 is 1.11 bits per heavy atom. The summed E-state index contributed by atoms with van der Waals surface area (Å²) < 4.78 is 11.4. The van der Waals surface area contributed by atoms with E-state index in [2.05, 4.69) is 15.1 Å². The number of hydrogen-bond donors (Lipinski definition) is 2. The molecule has 4 heterocycles. The maximum absolute atomic E-state index is 13.4. The summed E-state index contributed by atoms with van der Waals surface area (Å²) in [7, 11) is 0. The number of carbonyl (C=O) groups excluding carboxylic acids is 1. The van der Waals surface area contributed by atoms with Crippen LogP contribution in [0.25, 0.3) is 0 Å². The standard InChI is InChI=1S/C27H36N4O4S/c32-25(18-7-8-22-23(15-18)35-14-13-34-22)21(17-30-10-3-4-11-30)28-26(33)19-9-12-31(16-19)27-29-20-5-1-2-6-24(20)36-27/h7-8,15,19,21,25,32H,1-6,9-14,16-17H2,(H,28,33)/t19-,21-,25-/m1/s1. The number of fused-ring (bicyclic) bond motifs is 2. The van der Waals surface area contributed by atoms with Crippen molar-refractivity contribution in [2.24, 2.45) is 5.92 Å². The number of hydrogen-bond acceptors (Lipinski definition) is 8. The summed E-state index contributed by atoms with van der Waals surface area (Å²) in [6, 6.07) is 5.19. The van der Waals surface area contributed by atoms with Gasteiger partial charge in [-0.3, -0.25) is 4.79 Å². The molecule has 2 aromatic rings. The number of anilines is 1. The van der Waals surface area contributed by atoms with Crippen LogP contribution in [0.5, 0.6) is 11.5 Å². The molecule has 194 valence electrons. The Hall–Kier alpha value is -2.36. The average Bonchev–Trinajstić information content (AvgIpc) is 3.68. The third-order valence-corrected chi connectivity index (χ3v) is 9.15. The Labute approximate surface area is 216 Å². The molecule has 8 nitrogen and oxygen atoms in total. The number of benzene rings is 1. The number of aromatic nitrogens is 1. The monoisotopic (exact) mass is 512 g/mol. The number of rotatable bonds is 7. The zero-order chi connectivity index (χ0) is 24.5. The topological polar surface area (TPSA) is 87.2 Å². The van der Waals surface area contributed by atoms with Crippen molar-refractivity contribution >= 4 is 22.4 Å². The molecule has 2 fully saturated rings. The molecule has 2 saturated heterocycles. The van der Waals surface area contributed by atoms with E-state index >= 15 is 0 Å². The minimum Gasteiger partial charge on any atom is -0.486 e. The molecule has 1 aromatic carbocycles. The molecule has 0 unspecified atom stereocenters. The van der Waals surface area contributed by atoms with Crippen LogP contribution in [0.4, 0.5) is 5.13 Å². The summed E-state index contributed by atoms with van der Waals surface area (Å²) >= 11 is 1.81. The lowest BCUT2D eigenvalue weighted by molar-refractivity contribution is -0.126. The van der Waals surface area contributed by atoms with Crippen LogP contribution in [-0.2, 0) is 17.6 Å². The van der Waals surface area contributed by atoms with Crippen molar-refractivity contribution in [1.29, 1.82) is 0 Å². The van der Waals surface area contributed by atoms with Gasteiger partial charge in [0, 0.05) is 24.5 Å². The number of ether oxygens (including phenoxy) is 2. The van der Waals surface area contributed by atoms with Gasteiger partial charge >= 0.3 is 0 Å². The maximum atomic E-state index is 13.4. The second-order valence-electron chi connectivity index (χ2n) is 10.5. The molecule has 4 aliphatic rings. The number of amides is 1. The highest BCUT2D eigenvalue weighted by molar-refractivity contribution is 7.15. The summed E-state index contributed by atoms with van der Waals surface area (Å²) in [5.74, 6) is 1.29. The van der Waals surface area contributed by atoms with E-state index in [0.29, 0.717) is 37.8 Å².